The minimum absolute atomic E-state index is 0.0132. The van der Waals surface area contributed by atoms with Crippen molar-refractivity contribution in [2.75, 3.05) is 17.3 Å². The third kappa shape index (κ3) is 4.40. The van der Waals surface area contributed by atoms with Crippen molar-refractivity contribution >= 4 is 15.5 Å². The van der Waals surface area contributed by atoms with Gasteiger partial charge in [0.2, 0.25) is 0 Å². The van der Waals surface area contributed by atoms with E-state index in [0.29, 0.717) is 12.4 Å². The van der Waals surface area contributed by atoms with Gasteiger partial charge in [0.1, 0.15) is 0 Å². The molecule has 0 saturated carbocycles. The molecule has 3 aromatic carbocycles. The highest BCUT2D eigenvalue weighted by Gasteiger charge is 2.30. The summed E-state index contributed by atoms with van der Waals surface area (Å²) in [6, 6.07) is 28.3. The largest absolute Gasteiger partial charge is 0.372 e. The summed E-state index contributed by atoms with van der Waals surface area (Å²) in [5.74, 6) is -0.121. The molecular weight excluding hydrogens is 466 g/mol. The summed E-state index contributed by atoms with van der Waals surface area (Å²) >= 11 is 0. The Kier molecular flexibility index (Phi) is 6.61. The number of sulfone groups is 1. The lowest BCUT2D eigenvalue weighted by Crippen LogP contribution is -2.23. The minimum atomic E-state index is -3.50. The lowest BCUT2D eigenvalue weighted by molar-refractivity contribution is 0.597. The Morgan fingerprint density at radius 3 is 2.17 bits per heavy atom. The topological polar surface area (TPSA) is 62.3 Å². The maximum absolute atomic E-state index is 13.2. The van der Waals surface area contributed by atoms with E-state index in [-0.39, 0.29) is 16.6 Å². The molecular formula is C30H29N3O2S. The van der Waals surface area contributed by atoms with Crippen LogP contribution in [0.4, 0.5) is 5.69 Å². The lowest BCUT2D eigenvalue weighted by Gasteiger charge is -2.30. The van der Waals surface area contributed by atoms with Crippen LogP contribution in [0.25, 0.3) is 11.3 Å². The SMILES string of the molecule is CCS(=O)(=O)c1cccnc1-c1c(C)ccc(N2C=CNC2)c1C(c1ccccc1)c1ccccc1. The number of aryl methyl sites for hydroxylation is 1. The number of rotatable bonds is 7. The van der Waals surface area contributed by atoms with Gasteiger partial charge in [0.15, 0.2) is 9.84 Å². The molecule has 4 aromatic rings. The first-order valence-corrected chi connectivity index (χ1v) is 13.7. The van der Waals surface area contributed by atoms with E-state index in [4.69, 9.17) is 4.98 Å². The Bertz CT molecular complexity index is 1460. The van der Waals surface area contributed by atoms with E-state index in [2.05, 4.69) is 46.6 Å². The number of aromatic nitrogens is 1. The van der Waals surface area contributed by atoms with Crippen LogP contribution in [-0.2, 0) is 9.84 Å². The van der Waals surface area contributed by atoms with Crippen molar-refractivity contribution in [3.05, 3.63) is 126 Å². The molecule has 0 spiro atoms. The molecule has 0 bridgehead atoms. The molecule has 0 amide bonds. The quantitative estimate of drug-likeness (QED) is 0.325. The van der Waals surface area contributed by atoms with Crippen molar-refractivity contribution in [3.8, 4) is 11.3 Å². The third-order valence-electron chi connectivity index (χ3n) is 6.65. The standard InChI is InChI=1S/C30H29N3O2S/c1-3-36(34,35)26-15-10-18-32-30(26)27-22(2)16-17-25(33-20-19-31-21-33)29(27)28(23-11-6-4-7-12-23)24-13-8-5-9-14-24/h4-20,28,31H,3,21H2,1-2H3. The molecule has 1 N–H and O–H groups in total. The molecule has 5 rings (SSSR count). The summed E-state index contributed by atoms with van der Waals surface area (Å²) in [6.45, 7) is 4.34. The average molecular weight is 496 g/mol. The van der Waals surface area contributed by atoms with Gasteiger partial charge in [0.05, 0.1) is 23.0 Å². The van der Waals surface area contributed by atoms with Gasteiger partial charge in [-0.2, -0.15) is 0 Å². The van der Waals surface area contributed by atoms with Crippen molar-refractivity contribution in [1.29, 1.82) is 0 Å². The van der Waals surface area contributed by atoms with Gasteiger partial charge in [-0.1, -0.05) is 73.7 Å². The van der Waals surface area contributed by atoms with Gasteiger partial charge in [-0.25, -0.2) is 8.42 Å². The maximum Gasteiger partial charge on any atom is 0.180 e. The van der Waals surface area contributed by atoms with E-state index in [9.17, 15) is 8.42 Å². The van der Waals surface area contributed by atoms with Crippen LogP contribution >= 0.6 is 0 Å². The molecule has 2 heterocycles. The lowest BCUT2D eigenvalue weighted by atomic mass is 9.79. The molecule has 1 aliphatic heterocycles. The Morgan fingerprint density at radius 1 is 0.917 bits per heavy atom. The van der Waals surface area contributed by atoms with E-state index >= 15 is 0 Å². The van der Waals surface area contributed by atoms with Crippen LogP contribution < -0.4 is 10.2 Å². The molecule has 6 heteroatoms. The highest BCUT2D eigenvalue weighted by atomic mass is 32.2. The zero-order valence-electron chi connectivity index (χ0n) is 20.4. The van der Waals surface area contributed by atoms with E-state index in [1.165, 1.54) is 0 Å². The molecule has 0 unspecified atom stereocenters. The van der Waals surface area contributed by atoms with Gasteiger partial charge in [-0.3, -0.25) is 4.98 Å². The van der Waals surface area contributed by atoms with Crippen LogP contribution in [0.1, 0.15) is 35.1 Å². The normalized spacial score (nSPS) is 13.2. The van der Waals surface area contributed by atoms with Crippen LogP contribution in [0.5, 0.6) is 0 Å². The molecule has 1 aliphatic rings. The summed E-state index contributed by atoms with van der Waals surface area (Å²) in [7, 11) is -3.50. The first kappa shape index (κ1) is 23.8. The molecule has 0 saturated heterocycles. The number of nitrogens with one attached hydrogen (secondary N) is 1. The van der Waals surface area contributed by atoms with Crippen molar-refractivity contribution in [2.24, 2.45) is 0 Å². The predicted molar refractivity (Wildman–Crippen MR) is 146 cm³/mol. The van der Waals surface area contributed by atoms with Gasteiger partial charge in [0, 0.05) is 35.8 Å². The molecule has 0 atom stereocenters. The van der Waals surface area contributed by atoms with Crippen molar-refractivity contribution in [2.45, 2.75) is 24.7 Å². The van der Waals surface area contributed by atoms with E-state index in [0.717, 1.165) is 33.5 Å². The zero-order valence-corrected chi connectivity index (χ0v) is 21.2. The van der Waals surface area contributed by atoms with Crippen LogP contribution in [-0.4, -0.2) is 25.8 Å². The van der Waals surface area contributed by atoms with E-state index < -0.39 is 9.84 Å². The molecule has 0 fully saturated rings. The maximum atomic E-state index is 13.2. The number of hydrogen-bond acceptors (Lipinski definition) is 5. The summed E-state index contributed by atoms with van der Waals surface area (Å²) in [5.41, 5.74) is 6.65. The second-order valence-electron chi connectivity index (χ2n) is 8.85. The minimum Gasteiger partial charge on any atom is -0.372 e. The van der Waals surface area contributed by atoms with Gasteiger partial charge in [-0.15, -0.1) is 0 Å². The Labute approximate surface area is 213 Å². The number of pyridine rings is 1. The first-order valence-electron chi connectivity index (χ1n) is 12.1. The number of benzene rings is 3. The highest BCUT2D eigenvalue weighted by Crippen LogP contribution is 2.45. The van der Waals surface area contributed by atoms with Crippen LogP contribution in [0.3, 0.4) is 0 Å². The Morgan fingerprint density at radius 2 is 1.58 bits per heavy atom. The number of nitrogens with zero attached hydrogens (tertiary/aromatic N) is 2. The smallest absolute Gasteiger partial charge is 0.180 e. The van der Waals surface area contributed by atoms with Crippen molar-refractivity contribution in [3.63, 3.8) is 0 Å². The van der Waals surface area contributed by atoms with Crippen molar-refractivity contribution < 1.29 is 8.42 Å². The fourth-order valence-electron chi connectivity index (χ4n) is 4.89. The second kappa shape index (κ2) is 9.99. The molecule has 182 valence electrons. The van der Waals surface area contributed by atoms with Gasteiger partial charge >= 0.3 is 0 Å². The van der Waals surface area contributed by atoms with Crippen molar-refractivity contribution in [1.82, 2.24) is 10.3 Å². The summed E-state index contributed by atoms with van der Waals surface area (Å²) in [6.07, 6.45) is 5.63. The molecule has 1 aromatic heterocycles. The summed E-state index contributed by atoms with van der Waals surface area (Å²) < 4.78 is 26.4. The molecule has 5 nitrogen and oxygen atoms in total. The highest BCUT2D eigenvalue weighted by molar-refractivity contribution is 7.91. The van der Waals surface area contributed by atoms with Crippen LogP contribution in [0, 0.1) is 6.92 Å². The second-order valence-corrected chi connectivity index (χ2v) is 11.1. The van der Waals surface area contributed by atoms with Crippen LogP contribution in [0.2, 0.25) is 0 Å². The number of anilines is 1. The predicted octanol–water partition coefficient (Wildman–Crippen LogP) is 5.87. The Balaban J connectivity index is 1.90. The average Bonchev–Trinajstić information content (AvgIpc) is 3.45. The third-order valence-corrected chi connectivity index (χ3v) is 8.41. The van der Waals surface area contributed by atoms with Gasteiger partial charge in [-0.05, 0) is 47.4 Å². The van der Waals surface area contributed by atoms with Gasteiger partial charge in [0.25, 0.3) is 0 Å². The summed E-state index contributed by atoms with van der Waals surface area (Å²) in [4.78, 5) is 7.12. The monoisotopic (exact) mass is 495 g/mol. The fourth-order valence-corrected chi connectivity index (χ4v) is 5.93. The summed E-state index contributed by atoms with van der Waals surface area (Å²) in [5, 5.41) is 3.27. The fraction of sp³-hybridized carbons (Fsp3) is 0.167. The van der Waals surface area contributed by atoms with Crippen LogP contribution in [0.15, 0.2) is 108 Å². The molecule has 0 radical (unpaired) electrons. The Hall–Kier alpha value is -3.90. The van der Waals surface area contributed by atoms with Gasteiger partial charge < -0.3 is 10.2 Å². The number of hydrogen-bond donors (Lipinski definition) is 1. The first-order chi connectivity index (χ1) is 17.5. The zero-order chi connectivity index (χ0) is 25.1. The van der Waals surface area contributed by atoms with E-state index in [1.54, 1.807) is 25.3 Å². The molecule has 0 aliphatic carbocycles. The molecule has 36 heavy (non-hydrogen) atoms. The van der Waals surface area contributed by atoms with E-state index in [1.807, 2.05) is 55.7 Å².